The maximum absolute atomic E-state index is 5.17. The first-order valence-electron chi connectivity index (χ1n) is 7.95. The highest BCUT2D eigenvalue weighted by molar-refractivity contribution is 5.50. The van der Waals surface area contributed by atoms with Gasteiger partial charge in [-0.25, -0.2) is 9.97 Å². The number of nitrogens with zero attached hydrogens (tertiary/aromatic N) is 3. The van der Waals surface area contributed by atoms with Crippen LogP contribution in [0.3, 0.4) is 0 Å². The van der Waals surface area contributed by atoms with Crippen molar-refractivity contribution in [2.45, 2.75) is 44.9 Å². The van der Waals surface area contributed by atoms with E-state index < -0.39 is 0 Å². The van der Waals surface area contributed by atoms with Crippen LogP contribution in [0.2, 0.25) is 0 Å². The molecule has 0 amide bonds. The Kier molecular flexibility index (Phi) is 4.51. The van der Waals surface area contributed by atoms with E-state index in [1.807, 2.05) is 0 Å². The molecular formula is C16H25N3O. The average molecular weight is 275 g/mol. The quantitative estimate of drug-likeness (QED) is 0.774. The molecule has 1 fully saturated rings. The van der Waals surface area contributed by atoms with Gasteiger partial charge in [-0.1, -0.05) is 0 Å². The second-order valence-electron chi connectivity index (χ2n) is 6.07. The number of piperidine rings is 1. The number of rotatable bonds is 5. The molecule has 0 spiro atoms. The van der Waals surface area contributed by atoms with Crippen molar-refractivity contribution in [3.8, 4) is 0 Å². The summed E-state index contributed by atoms with van der Waals surface area (Å²) >= 11 is 0. The van der Waals surface area contributed by atoms with Crippen molar-refractivity contribution >= 4 is 5.82 Å². The molecule has 1 aliphatic carbocycles. The van der Waals surface area contributed by atoms with Gasteiger partial charge >= 0.3 is 0 Å². The van der Waals surface area contributed by atoms with Crippen molar-refractivity contribution < 1.29 is 4.74 Å². The Bertz CT molecular complexity index is 449. The Morgan fingerprint density at radius 1 is 1.30 bits per heavy atom. The Morgan fingerprint density at radius 3 is 3.15 bits per heavy atom. The van der Waals surface area contributed by atoms with Gasteiger partial charge < -0.3 is 9.64 Å². The zero-order chi connectivity index (χ0) is 13.8. The molecule has 110 valence electrons. The molecule has 0 N–H and O–H groups in total. The first kappa shape index (κ1) is 13.8. The summed E-state index contributed by atoms with van der Waals surface area (Å²) in [6, 6.07) is 0. The van der Waals surface area contributed by atoms with Crippen molar-refractivity contribution in [2.24, 2.45) is 5.92 Å². The third kappa shape index (κ3) is 2.95. The lowest BCUT2D eigenvalue weighted by Crippen LogP contribution is -2.36. The fraction of sp³-hybridized carbons (Fsp3) is 0.750. The number of fused-ring (bicyclic) bond motifs is 1. The van der Waals surface area contributed by atoms with Crippen LogP contribution in [0.1, 0.15) is 43.4 Å². The Labute approximate surface area is 121 Å². The van der Waals surface area contributed by atoms with Gasteiger partial charge in [-0.3, -0.25) is 0 Å². The number of ether oxygens (including phenoxy) is 1. The third-order valence-electron chi connectivity index (χ3n) is 4.63. The largest absolute Gasteiger partial charge is 0.385 e. The highest BCUT2D eigenvalue weighted by Crippen LogP contribution is 2.31. The fourth-order valence-electron chi connectivity index (χ4n) is 3.62. The topological polar surface area (TPSA) is 38.2 Å². The number of anilines is 1. The molecule has 1 aliphatic heterocycles. The smallest absolute Gasteiger partial charge is 0.135 e. The Hall–Kier alpha value is -1.16. The highest BCUT2D eigenvalue weighted by atomic mass is 16.5. The summed E-state index contributed by atoms with van der Waals surface area (Å²) in [5.41, 5.74) is 2.71. The van der Waals surface area contributed by atoms with Gasteiger partial charge in [0.15, 0.2) is 0 Å². The number of hydrogen-bond donors (Lipinski definition) is 0. The fourth-order valence-corrected chi connectivity index (χ4v) is 3.62. The Morgan fingerprint density at radius 2 is 2.25 bits per heavy atom. The molecule has 0 radical (unpaired) electrons. The second kappa shape index (κ2) is 6.53. The van der Waals surface area contributed by atoms with Crippen molar-refractivity contribution in [1.82, 2.24) is 9.97 Å². The molecule has 0 saturated carbocycles. The molecule has 1 saturated heterocycles. The van der Waals surface area contributed by atoms with Crippen LogP contribution in [-0.4, -0.2) is 36.8 Å². The van der Waals surface area contributed by atoms with Gasteiger partial charge in [-0.05, 0) is 50.9 Å². The molecule has 1 aromatic heterocycles. The summed E-state index contributed by atoms with van der Waals surface area (Å²) in [6.45, 7) is 3.21. The van der Waals surface area contributed by atoms with Crippen LogP contribution in [0.5, 0.6) is 0 Å². The van der Waals surface area contributed by atoms with Crippen LogP contribution in [-0.2, 0) is 17.6 Å². The average Bonchev–Trinajstić information content (AvgIpc) is 2.96. The SMILES string of the molecule is COCCC[C@H]1CCCN(c2ncnc3c2CCC3)C1. The minimum Gasteiger partial charge on any atom is -0.385 e. The monoisotopic (exact) mass is 275 g/mol. The molecule has 1 atom stereocenters. The number of aromatic nitrogens is 2. The lowest BCUT2D eigenvalue weighted by molar-refractivity contribution is 0.184. The normalized spacial score (nSPS) is 22.1. The summed E-state index contributed by atoms with van der Waals surface area (Å²) in [4.78, 5) is 11.5. The lowest BCUT2D eigenvalue weighted by Gasteiger charge is -2.34. The molecule has 2 heterocycles. The lowest BCUT2D eigenvalue weighted by atomic mass is 9.93. The molecular weight excluding hydrogens is 250 g/mol. The summed E-state index contributed by atoms with van der Waals surface area (Å²) < 4.78 is 5.17. The van der Waals surface area contributed by atoms with E-state index in [0.717, 1.165) is 38.5 Å². The van der Waals surface area contributed by atoms with Gasteiger partial charge in [0, 0.05) is 38.1 Å². The Balaban J connectivity index is 1.66. The van der Waals surface area contributed by atoms with E-state index in [9.17, 15) is 0 Å². The molecule has 3 rings (SSSR count). The van der Waals surface area contributed by atoms with Gasteiger partial charge in [0.05, 0.1) is 0 Å². The van der Waals surface area contributed by atoms with Crippen LogP contribution < -0.4 is 4.90 Å². The number of hydrogen-bond acceptors (Lipinski definition) is 4. The second-order valence-corrected chi connectivity index (χ2v) is 6.07. The highest BCUT2D eigenvalue weighted by Gasteiger charge is 2.25. The van der Waals surface area contributed by atoms with E-state index >= 15 is 0 Å². The summed E-state index contributed by atoms with van der Waals surface area (Å²) in [5, 5.41) is 0. The van der Waals surface area contributed by atoms with E-state index in [0.29, 0.717) is 0 Å². The minimum atomic E-state index is 0.797. The zero-order valence-corrected chi connectivity index (χ0v) is 12.5. The van der Waals surface area contributed by atoms with E-state index in [1.54, 1.807) is 13.4 Å². The maximum atomic E-state index is 5.17. The van der Waals surface area contributed by atoms with Gasteiger partial charge in [0.1, 0.15) is 12.1 Å². The predicted molar refractivity (Wildman–Crippen MR) is 80.1 cm³/mol. The van der Waals surface area contributed by atoms with Crippen LogP contribution >= 0.6 is 0 Å². The molecule has 2 aliphatic rings. The van der Waals surface area contributed by atoms with Gasteiger partial charge in [-0.2, -0.15) is 0 Å². The molecule has 0 unspecified atom stereocenters. The van der Waals surface area contributed by atoms with E-state index in [-0.39, 0.29) is 0 Å². The zero-order valence-electron chi connectivity index (χ0n) is 12.5. The summed E-state index contributed by atoms with van der Waals surface area (Å²) in [6.07, 6.45) is 10.4. The number of methoxy groups -OCH3 is 1. The van der Waals surface area contributed by atoms with E-state index in [2.05, 4.69) is 14.9 Å². The minimum absolute atomic E-state index is 0.797. The van der Waals surface area contributed by atoms with Crippen molar-refractivity contribution in [3.05, 3.63) is 17.6 Å². The van der Waals surface area contributed by atoms with Crippen molar-refractivity contribution in [2.75, 3.05) is 31.7 Å². The van der Waals surface area contributed by atoms with Crippen LogP contribution in [0.4, 0.5) is 5.82 Å². The van der Waals surface area contributed by atoms with Crippen molar-refractivity contribution in [3.63, 3.8) is 0 Å². The molecule has 20 heavy (non-hydrogen) atoms. The molecule has 0 aromatic carbocycles. The van der Waals surface area contributed by atoms with Gasteiger partial charge in [0.25, 0.3) is 0 Å². The van der Waals surface area contributed by atoms with Gasteiger partial charge in [0.2, 0.25) is 0 Å². The first-order chi connectivity index (χ1) is 9.88. The first-order valence-corrected chi connectivity index (χ1v) is 7.95. The maximum Gasteiger partial charge on any atom is 0.135 e. The molecule has 4 heteroatoms. The summed E-state index contributed by atoms with van der Waals surface area (Å²) in [5.74, 6) is 2.02. The van der Waals surface area contributed by atoms with E-state index in [4.69, 9.17) is 4.74 Å². The molecule has 4 nitrogen and oxygen atoms in total. The molecule has 1 aromatic rings. The standard InChI is InChI=1S/C16H25N3O/c1-20-10-4-6-13-5-3-9-19(11-13)16-14-7-2-8-15(14)17-12-18-16/h12-13H,2-11H2,1H3/t13-/m1/s1. The third-order valence-corrected chi connectivity index (χ3v) is 4.63. The van der Waals surface area contributed by atoms with Crippen LogP contribution in [0.25, 0.3) is 0 Å². The van der Waals surface area contributed by atoms with E-state index in [1.165, 1.54) is 49.2 Å². The van der Waals surface area contributed by atoms with Crippen molar-refractivity contribution in [1.29, 1.82) is 0 Å². The number of aryl methyl sites for hydroxylation is 1. The van der Waals surface area contributed by atoms with Crippen LogP contribution in [0, 0.1) is 5.92 Å². The summed E-state index contributed by atoms with van der Waals surface area (Å²) in [7, 11) is 1.79. The molecule has 0 bridgehead atoms. The predicted octanol–water partition coefficient (Wildman–Crippen LogP) is 2.61. The van der Waals surface area contributed by atoms with Crippen LogP contribution in [0.15, 0.2) is 6.33 Å². The van der Waals surface area contributed by atoms with Gasteiger partial charge in [-0.15, -0.1) is 0 Å².